The molecule has 1 aliphatic heterocycles. The van der Waals surface area contributed by atoms with Crippen molar-refractivity contribution in [1.82, 2.24) is 14.9 Å². The Bertz CT molecular complexity index is 818. The van der Waals surface area contributed by atoms with Gasteiger partial charge in [-0.2, -0.15) is 0 Å². The standard InChI is InChI=1S/C31H55N5O5/c1-2-3-21-33-23-25-34(26-24-33)30-20-19-29(28-32-30)31(37)35(38)22-17-15-13-11-9-7-5-4-6-8-10-12-14-16-18-27-41-36(39)40/h19-20,28,38H,2-18,21-27H2,1H3. The second kappa shape index (κ2) is 22.2. The van der Waals surface area contributed by atoms with Gasteiger partial charge in [0.05, 0.1) is 12.2 Å². The predicted octanol–water partition coefficient (Wildman–Crippen LogP) is 6.89. The summed E-state index contributed by atoms with van der Waals surface area (Å²) < 4.78 is 0. The molecule has 1 aliphatic rings. The minimum Gasteiger partial charge on any atom is -0.354 e. The van der Waals surface area contributed by atoms with Crippen molar-refractivity contribution in [3.05, 3.63) is 34.0 Å². The van der Waals surface area contributed by atoms with E-state index in [9.17, 15) is 20.1 Å². The molecule has 234 valence electrons. The van der Waals surface area contributed by atoms with Crippen LogP contribution < -0.4 is 4.90 Å². The molecule has 0 radical (unpaired) electrons. The fraction of sp³-hybridized carbons (Fsp3) is 0.806. The van der Waals surface area contributed by atoms with Crippen LogP contribution in [0.5, 0.6) is 0 Å². The molecule has 1 N–H and O–H groups in total. The van der Waals surface area contributed by atoms with Gasteiger partial charge in [0.1, 0.15) is 5.82 Å². The number of piperazine rings is 1. The lowest BCUT2D eigenvalue weighted by molar-refractivity contribution is -0.757. The van der Waals surface area contributed by atoms with E-state index in [0.29, 0.717) is 12.1 Å². The van der Waals surface area contributed by atoms with Crippen LogP contribution in [0.25, 0.3) is 0 Å². The second-order valence-electron chi connectivity index (χ2n) is 11.4. The first-order valence-corrected chi connectivity index (χ1v) is 16.2. The van der Waals surface area contributed by atoms with Gasteiger partial charge in [-0.1, -0.05) is 96.8 Å². The maximum absolute atomic E-state index is 12.6. The van der Waals surface area contributed by atoms with Gasteiger partial charge in [0.25, 0.3) is 11.0 Å². The molecule has 2 rings (SSSR count). The van der Waals surface area contributed by atoms with Crippen molar-refractivity contribution < 1.29 is 19.9 Å². The molecular formula is C31H55N5O5. The Morgan fingerprint density at radius 1 is 0.878 bits per heavy atom. The summed E-state index contributed by atoms with van der Waals surface area (Å²) in [6, 6.07) is 3.67. The number of nitrogens with zero attached hydrogens (tertiary/aromatic N) is 5. The summed E-state index contributed by atoms with van der Waals surface area (Å²) in [7, 11) is 0. The molecule has 1 fully saturated rings. The number of amides is 1. The van der Waals surface area contributed by atoms with Gasteiger partial charge in [-0.25, -0.2) is 10.0 Å². The summed E-state index contributed by atoms with van der Waals surface area (Å²) in [5, 5.41) is 20.4. The molecule has 0 bridgehead atoms. The Hall–Kier alpha value is -2.46. The third-order valence-corrected chi connectivity index (χ3v) is 7.96. The average Bonchev–Trinajstić information content (AvgIpc) is 2.99. The summed E-state index contributed by atoms with van der Waals surface area (Å²) in [4.78, 5) is 36.2. The molecule has 0 spiro atoms. The molecule has 0 unspecified atom stereocenters. The molecule has 0 aromatic carbocycles. The van der Waals surface area contributed by atoms with Crippen molar-refractivity contribution in [2.75, 3.05) is 50.8 Å². The molecule has 41 heavy (non-hydrogen) atoms. The van der Waals surface area contributed by atoms with Crippen molar-refractivity contribution in [2.45, 2.75) is 116 Å². The number of anilines is 1. The monoisotopic (exact) mass is 577 g/mol. The van der Waals surface area contributed by atoms with Crippen molar-refractivity contribution in [3.63, 3.8) is 0 Å². The minimum absolute atomic E-state index is 0.220. The summed E-state index contributed by atoms with van der Waals surface area (Å²) in [5.41, 5.74) is 0.429. The first-order valence-electron chi connectivity index (χ1n) is 16.2. The molecule has 1 saturated heterocycles. The predicted molar refractivity (Wildman–Crippen MR) is 163 cm³/mol. The Balaban J connectivity index is 1.41. The van der Waals surface area contributed by atoms with Gasteiger partial charge < -0.3 is 9.74 Å². The summed E-state index contributed by atoms with van der Waals surface area (Å²) in [6.45, 7) is 7.95. The van der Waals surface area contributed by atoms with E-state index in [-0.39, 0.29) is 12.5 Å². The highest BCUT2D eigenvalue weighted by Gasteiger charge is 2.19. The largest absolute Gasteiger partial charge is 0.354 e. The van der Waals surface area contributed by atoms with E-state index in [1.165, 1.54) is 70.6 Å². The first kappa shape index (κ1) is 34.7. The number of hydrogen-bond acceptors (Lipinski definition) is 8. The number of aromatic nitrogens is 1. The van der Waals surface area contributed by atoms with Crippen LogP contribution in [0.1, 0.15) is 126 Å². The van der Waals surface area contributed by atoms with Crippen LogP contribution in [0.3, 0.4) is 0 Å². The number of carbonyl (C=O) groups is 1. The number of carbonyl (C=O) groups excluding carboxylic acids is 1. The van der Waals surface area contributed by atoms with E-state index >= 15 is 0 Å². The van der Waals surface area contributed by atoms with Crippen LogP contribution in [-0.4, -0.2) is 77.0 Å². The van der Waals surface area contributed by atoms with E-state index in [2.05, 4.69) is 26.5 Å². The Morgan fingerprint density at radius 2 is 1.41 bits per heavy atom. The molecule has 0 atom stereocenters. The lowest BCUT2D eigenvalue weighted by atomic mass is 10.0. The highest BCUT2D eigenvalue weighted by Crippen LogP contribution is 2.16. The van der Waals surface area contributed by atoms with Crippen LogP contribution in [0.15, 0.2) is 18.3 Å². The van der Waals surface area contributed by atoms with Gasteiger partial charge in [0, 0.05) is 38.9 Å². The molecule has 10 nitrogen and oxygen atoms in total. The number of unbranched alkanes of at least 4 members (excludes halogenated alkanes) is 15. The quantitative estimate of drug-likeness (QED) is 0.0611. The van der Waals surface area contributed by atoms with Crippen LogP contribution in [-0.2, 0) is 4.84 Å². The normalized spacial score (nSPS) is 13.9. The maximum atomic E-state index is 12.6. The molecule has 1 aromatic heterocycles. The molecule has 10 heteroatoms. The SMILES string of the molecule is CCCCN1CCN(c2ccc(C(=O)N(O)CCCCCCCCCCCCCCCCCO[N+](=O)[O-])cn2)CC1. The van der Waals surface area contributed by atoms with Crippen molar-refractivity contribution in [2.24, 2.45) is 0 Å². The van der Waals surface area contributed by atoms with Crippen molar-refractivity contribution in [3.8, 4) is 0 Å². The Kier molecular flexibility index (Phi) is 18.8. The molecule has 2 heterocycles. The van der Waals surface area contributed by atoms with E-state index < -0.39 is 5.09 Å². The third-order valence-electron chi connectivity index (χ3n) is 7.96. The van der Waals surface area contributed by atoms with Crippen LogP contribution >= 0.6 is 0 Å². The van der Waals surface area contributed by atoms with Gasteiger partial charge in [-0.05, 0) is 37.9 Å². The van der Waals surface area contributed by atoms with Gasteiger partial charge in [-0.3, -0.25) is 14.9 Å². The zero-order valence-electron chi connectivity index (χ0n) is 25.5. The highest BCUT2D eigenvalue weighted by atomic mass is 16.9. The summed E-state index contributed by atoms with van der Waals surface area (Å²) in [6.07, 6.45) is 21.2. The molecule has 0 saturated carbocycles. The van der Waals surface area contributed by atoms with Gasteiger partial charge in [0.15, 0.2) is 0 Å². The molecular weight excluding hydrogens is 522 g/mol. The fourth-order valence-corrected chi connectivity index (χ4v) is 5.33. The van der Waals surface area contributed by atoms with Crippen molar-refractivity contribution in [1.29, 1.82) is 0 Å². The maximum Gasteiger partial charge on any atom is 0.294 e. The number of hydroxylamine groups is 2. The van der Waals surface area contributed by atoms with E-state index in [4.69, 9.17) is 0 Å². The smallest absolute Gasteiger partial charge is 0.294 e. The van der Waals surface area contributed by atoms with E-state index in [0.717, 1.165) is 82.1 Å². The summed E-state index contributed by atoms with van der Waals surface area (Å²) in [5.74, 6) is 0.518. The average molecular weight is 578 g/mol. The van der Waals surface area contributed by atoms with E-state index in [1.54, 1.807) is 12.3 Å². The van der Waals surface area contributed by atoms with E-state index in [1.807, 2.05) is 6.07 Å². The number of pyridine rings is 1. The Labute approximate surface area is 247 Å². The Morgan fingerprint density at radius 3 is 1.90 bits per heavy atom. The fourth-order valence-electron chi connectivity index (χ4n) is 5.33. The van der Waals surface area contributed by atoms with Crippen LogP contribution in [0.4, 0.5) is 5.82 Å². The number of rotatable bonds is 24. The third kappa shape index (κ3) is 15.9. The van der Waals surface area contributed by atoms with Crippen LogP contribution in [0.2, 0.25) is 0 Å². The molecule has 0 aliphatic carbocycles. The number of hydrogen-bond donors (Lipinski definition) is 1. The highest BCUT2D eigenvalue weighted by molar-refractivity contribution is 5.93. The zero-order chi connectivity index (χ0) is 29.5. The van der Waals surface area contributed by atoms with Gasteiger partial charge in [-0.15, -0.1) is 10.1 Å². The lowest BCUT2D eigenvalue weighted by Crippen LogP contribution is -2.46. The molecule has 1 aromatic rings. The summed E-state index contributed by atoms with van der Waals surface area (Å²) >= 11 is 0. The molecule has 1 amide bonds. The van der Waals surface area contributed by atoms with Gasteiger partial charge in [0.2, 0.25) is 0 Å². The second-order valence-corrected chi connectivity index (χ2v) is 11.4. The lowest BCUT2D eigenvalue weighted by Gasteiger charge is -2.35. The van der Waals surface area contributed by atoms with Gasteiger partial charge >= 0.3 is 0 Å². The zero-order valence-corrected chi connectivity index (χ0v) is 25.5. The van der Waals surface area contributed by atoms with Crippen LogP contribution in [0, 0.1) is 10.1 Å². The van der Waals surface area contributed by atoms with Crippen molar-refractivity contribution >= 4 is 11.7 Å². The minimum atomic E-state index is -0.718. The topological polar surface area (TPSA) is 112 Å². The first-order chi connectivity index (χ1) is 20.0.